The molecule has 17 heavy (non-hydrogen) atoms. The van der Waals surface area contributed by atoms with E-state index in [0.29, 0.717) is 6.61 Å². The van der Waals surface area contributed by atoms with Crippen LogP contribution < -0.4 is 4.74 Å². The second-order valence-electron chi connectivity index (χ2n) is 4.72. The number of hydrogen-bond acceptors (Lipinski definition) is 3. The molecule has 1 aromatic rings. The first-order valence-electron chi connectivity index (χ1n) is 6.10. The Morgan fingerprint density at radius 1 is 1.29 bits per heavy atom. The van der Waals surface area contributed by atoms with Gasteiger partial charge in [0.2, 0.25) is 0 Å². The predicted molar refractivity (Wildman–Crippen MR) is 69.2 cm³/mol. The molecular weight excluding hydrogens is 282 g/mol. The smallest absolute Gasteiger partial charge is 0.139 e. The van der Waals surface area contributed by atoms with E-state index in [1.165, 1.54) is 12.8 Å². The summed E-state index contributed by atoms with van der Waals surface area (Å²) in [5.74, 6) is 0.801. The minimum atomic E-state index is -0.436. The van der Waals surface area contributed by atoms with Crippen molar-refractivity contribution in [2.45, 2.75) is 25.0 Å². The van der Waals surface area contributed by atoms with Crippen molar-refractivity contribution in [1.29, 1.82) is 0 Å². The number of fused-ring (bicyclic) bond motifs is 1. The third-order valence-corrected chi connectivity index (χ3v) is 4.31. The van der Waals surface area contributed by atoms with Gasteiger partial charge in [-0.05, 0) is 47.9 Å². The van der Waals surface area contributed by atoms with E-state index < -0.39 is 6.10 Å². The highest BCUT2D eigenvalue weighted by atomic mass is 79.9. The van der Waals surface area contributed by atoms with Crippen LogP contribution in [0.3, 0.4) is 0 Å². The van der Waals surface area contributed by atoms with Gasteiger partial charge in [-0.1, -0.05) is 12.1 Å². The number of hydrogen-bond donors (Lipinski definition) is 1. The van der Waals surface area contributed by atoms with Gasteiger partial charge in [-0.25, -0.2) is 0 Å². The lowest BCUT2D eigenvalue weighted by Crippen LogP contribution is -2.44. The molecule has 0 saturated carbocycles. The standard InChI is InChI=1S/C13H16BrNO2/c14-10-5-3-4-9-12(16)11(8-17-13(9)10)15-6-1-2-7-15/h3-5,11-12,16H,1-2,6-8H2. The first-order chi connectivity index (χ1) is 8.27. The molecule has 2 aliphatic rings. The van der Waals surface area contributed by atoms with E-state index in [9.17, 15) is 5.11 Å². The van der Waals surface area contributed by atoms with Gasteiger partial charge >= 0.3 is 0 Å². The first kappa shape index (κ1) is 11.5. The molecule has 1 aromatic carbocycles. The highest BCUT2D eigenvalue weighted by Crippen LogP contribution is 2.39. The van der Waals surface area contributed by atoms with Gasteiger partial charge in [0.1, 0.15) is 18.5 Å². The molecule has 0 radical (unpaired) electrons. The average Bonchev–Trinajstić information content (AvgIpc) is 2.84. The Morgan fingerprint density at radius 3 is 2.82 bits per heavy atom. The first-order valence-corrected chi connectivity index (χ1v) is 6.90. The molecule has 0 aliphatic carbocycles. The number of rotatable bonds is 1. The Kier molecular flexibility index (Phi) is 3.11. The van der Waals surface area contributed by atoms with Crippen LogP contribution in [0.4, 0.5) is 0 Å². The monoisotopic (exact) mass is 297 g/mol. The molecule has 3 rings (SSSR count). The van der Waals surface area contributed by atoms with Gasteiger partial charge in [-0.2, -0.15) is 0 Å². The van der Waals surface area contributed by atoms with Crippen LogP contribution in [0.2, 0.25) is 0 Å². The van der Waals surface area contributed by atoms with Crippen molar-refractivity contribution in [2.24, 2.45) is 0 Å². The van der Waals surface area contributed by atoms with Crippen LogP contribution in [-0.4, -0.2) is 35.7 Å². The molecular formula is C13H16BrNO2. The molecule has 0 spiro atoms. The van der Waals surface area contributed by atoms with Gasteiger partial charge in [0, 0.05) is 5.56 Å². The maximum absolute atomic E-state index is 10.5. The van der Waals surface area contributed by atoms with Crippen LogP contribution in [0.1, 0.15) is 24.5 Å². The summed E-state index contributed by atoms with van der Waals surface area (Å²) in [7, 11) is 0. The lowest BCUT2D eigenvalue weighted by atomic mass is 9.98. The number of nitrogens with zero attached hydrogens (tertiary/aromatic N) is 1. The summed E-state index contributed by atoms with van der Waals surface area (Å²) in [5.41, 5.74) is 0.905. The lowest BCUT2D eigenvalue weighted by molar-refractivity contribution is 0.0137. The second kappa shape index (κ2) is 4.59. The van der Waals surface area contributed by atoms with Crippen LogP contribution in [0.15, 0.2) is 22.7 Å². The fourth-order valence-electron chi connectivity index (χ4n) is 2.76. The third kappa shape index (κ3) is 1.98. The summed E-state index contributed by atoms with van der Waals surface area (Å²) in [6.07, 6.45) is 2.03. The maximum Gasteiger partial charge on any atom is 0.139 e. The molecule has 2 heterocycles. The summed E-state index contributed by atoms with van der Waals surface area (Å²) in [6.45, 7) is 2.74. The van der Waals surface area contributed by atoms with E-state index in [4.69, 9.17) is 4.74 Å². The SMILES string of the molecule is OC1c2cccc(Br)c2OCC1N1CCCC1. The summed E-state index contributed by atoms with van der Waals surface area (Å²) in [6, 6.07) is 5.95. The summed E-state index contributed by atoms with van der Waals surface area (Å²) in [5, 5.41) is 10.5. The van der Waals surface area contributed by atoms with Gasteiger partial charge in [0.15, 0.2) is 0 Å². The Balaban J connectivity index is 1.89. The number of benzene rings is 1. The molecule has 1 fully saturated rings. The molecule has 0 bridgehead atoms. The molecule has 0 aromatic heterocycles. The zero-order valence-electron chi connectivity index (χ0n) is 9.60. The zero-order chi connectivity index (χ0) is 11.8. The van der Waals surface area contributed by atoms with Crippen molar-refractivity contribution in [3.05, 3.63) is 28.2 Å². The number of halogens is 1. The fraction of sp³-hybridized carbons (Fsp3) is 0.538. The molecule has 4 heteroatoms. The van der Waals surface area contributed by atoms with Gasteiger partial charge in [0.05, 0.1) is 10.5 Å². The van der Waals surface area contributed by atoms with Crippen LogP contribution in [-0.2, 0) is 0 Å². The minimum Gasteiger partial charge on any atom is -0.490 e. The van der Waals surface area contributed by atoms with Crippen molar-refractivity contribution in [2.75, 3.05) is 19.7 Å². The van der Waals surface area contributed by atoms with Crippen molar-refractivity contribution >= 4 is 15.9 Å². The molecule has 2 atom stereocenters. The lowest BCUT2D eigenvalue weighted by Gasteiger charge is -2.36. The van der Waals surface area contributed by atoms with Gasteiger partial charge in [-0.3, -0.25) is 4.90 Å². The van der Waals surface area contributed by atoms with Gasteiger partial charge < -0.3 is 9.84 Å². The highest BCUT2D eigenvalue weighted by molar-refractivity contribution is 9.10. The molecule has 2 unspecified atom stereocenters. The Labute approximate surface area is 110 Å². The highest BCUT2D eigenvalue weighted by Gasteiger charge is 2.35. The largest absolute Gasteiger partial charge is 0.490 e. The molecule has 2 aliphatic heterocycles. The third-order valence-electron chi connectivity index (χ3n) is 3.69. The summed E-state index contributed by atoms with van der Waals surface area (Å²) >= 11 is 3.46. The minimum absolute atomic E-state index is 0.110. The van der Waals surface area contributed by atoms with Gasteiger partial charge in [0.25, 0.3) is 0 Å². The van der Waals surface area contributed by atoms with E-state index >= 15 is 0 Å². The number of para-hydroxylation sites is 1. The number of likely N-dealkylation sites (tertiary alicyclic amines) is 1. The van der Waals surface area contributed by atoms with Crippen molar-refractivity contribution in [3.8, 4) is 5.75 Å². The maximum atomic E-state index is 10.5. The molecule has 3 nitrogen and oxygen atoms in total. The van der Waals surface area contributed by atoms with E-state index in [1.807, 2.05) is 18.2 Å². The van der Waals surface area contributed by atoms with Crippen LogP contribution in [0.5, 0.6) is 5.75 Å². The van der Waals surface area contributed by atoms with E-state index in [-0.39, 0.29) is 6.04 Å². The molecule has 92 valence electrons. The predicted octanol–water partition coefficient (Wildman–Crippen LogP) is 2.34. The normalized spacial score (nSPS) is 28.8. The van der Waals surface area contributed by atoms with Gasteiger partial charge in [-0.15, -0.1) is 0 Å². The number of ether oxygens (including phenoxy) is 1. The Bertz CT molecular complexity index is 418. The number of aliphatic hydroxyl groups excluding tert-OH is 1. The topological polar surface area (TPSA) is 32.7 Å². The van der Waals surface area contributed by atoms with E-state index in [0.717, 1.165) is 28.9 Å². The molecule has 1 saturated heterocycles. The fourth-order valence-corrected chi connectivity index (χ4v) is 3.25. The van der Waals surface area contributed by atoms with Crippen LogP contribution in [0.25, 0.3) is 0 Å². The Morgan fingerprint density at radius 2 is 2.06 bits per heavy atom. The van der Waals surface area contributed by atoms with Crippen LogP contribution in [0, 0.1) is 0 Å². The summed E-state index contributed by atoms with van der Waals surface area (Å²) in [4.78, 5) is 2.34. The van der Waals surface area contributed by atoms with Crippen molar-refractivity contribution in [1.82, 2.24) is 4.90 Å². The average molecular weight is 298 g/mol. The van der Waals surface area contributed by atoms with E-state index in [2.05, 4.69) is 20.8 Å². The summed E-state index contributed by atoms with van der Waals surface area (Å²) < 4.78 is 6.73. The van der Waals surface area contributed by atoms with Crippen LogP contribution >= 0.6 is 15.9 Å². The molecule has 0 amide bonds. The van der Waals surface area contributed by atoms with E-state index in [1.54, 1.807) is 0 Å². The Hall–Kier alpha value is -0.580. The quantitative estimate of drug-likeness (QED) is 0.864. The van der Waals surface area contributed by atoms with Crippen molar-refractivity contribution in [3.63, 3.8) is 0 Å². The van der Waals surface area contributed by atoms with Crippen molar-refractivity contribution < 1.29 is 9.84 Å². The number of aliphatic hydroxyl groups is 1. The molecule has 1 N–H and O–H groups in total. The second-order valence-corrected chi connectivity index (χ2v) is 5.58. The zero-order valence-corrected chi connectivity index (χ0v) is 11.2.